The number of aryl methyl sites for hydroxylation is 1. The van der Waals surface area contributed by atoms with Crippen LogP contribution in [-0.2, 0) is 10.7 Å². The van der Waals surface area contributed by atoms with Gasteiger partial charge in [0.1, 0.15) is 17.7 Å². The Kier molecular flexibility index (Phi) is 6.16. The lowest BCUT2D eigenvalue weighted by Crippen LogP contribution is -2.47. The molecule has 5 nitrogen and oxygen atoms in total. The zero-order valence-corrected chi connectivity index (χ0v) is 18.4. The molecule has 0 bridgehead atoms. The van der Waals surface area contributed by atoms with Crippen LogP contribution < -0.4 is 5.32 Å². The number of carbonyl (C=O) groups excluding carboxylic acids is 2. The van der Waals surface area contributed by atoms with Crippen LogP contribution in [0.5, 0.6) is 0 Å². The summed E-state index contributed by atoms with van der Waals surface area (Å²) in [5.41, 5.74) is 0.00477. The topological polar surface area (TPSA) is 62.3 Å². The Morgan fingerprint density at radius 3 is 2.48 bits per heavy atom. The van der Waals surface area contributed by atoms with E-state index < -0.39 is 41.1 Å². The minimum atomic E-state index is -3.53. The molecule has 1 saturated carbocycles. The number of carbonyl (C=O) groups is 2. The van der Waals surface area contributed by atoms with E-state index in [4.69, 9.17) is 0 Å². The number of nitrogens with zero attached hydrogens (tertiary/aromatic N) is 2. The van der Waals surface area contributed by atoms with E-state index in [-0.39, 0.29) is 17.4 Å². The molecule has 0 unspecified atom stereocenters. The van der Waals surface area contributed by atoms with Gasteiger partial charge in [-0.1, -0.05) is 0 Å². The summed E-state index contributed by atoms with van der Waals surface area (Å²) >= 11 is 0. The Hall–Kier alpha value is -2.97. The summed E-state index contributed by atoms with van der Waals surface area (Å²) in [6.45, 7) is 2.70. The van der Waals surface area contributed by atoms with Crippen molar-refractivity contribution >= 4 is 11.8 Å². The predicted molar refractivity (Wildman–Crippen MR) is 113 cm³/mol. The molecule has 2 atom stereocenters. The zero-order chi connectivity index (χ0) is 23.9. The van der Waals surface area contributed by atoms with Crippen LogP contribution in [0.3, 0.4) is 0 Å². The largest absolute Gasteiger partial charge is 0.347 e. The quantitative estimate of drug-likeness (QED) is 0.635. The van der Waals surface area contributed by atoms with Crippen molar-refractivity contribution in [3.05, 3.63) is 64.5 Å². The Bertz CT molecular complexity index is 1080. The fourth-order valence-corrected chi connectivity index (χ4v) is 4.39. The number of benzene rings is 1. The van der Waals surface area contributed by atoms with E-state index in [0.29, 0.717) is 50.8 Å². The third kappa shape index (κ3) is 4.86. The molecule has 1 aliphatic heterocycles. The summed E-state index contributed by atoms with van der Waals surface area (Å²) in [6, 6.07) is 1.33. The Labute approximate surface area is 189 Å². The van der Waals surface area contributed by atoms with Gasteiger partial charge in [0.15, 0.2) is 0 Å². The highest BCUT2D eigenvalue weighted by Gasteiger charge is 2.41. The fraction of sp³-hybridized carbons (Fsp3) is 0.458. The maximum atomic E-state index is 14.8. The SMILES string of the molecule is Cc1cncc(C(=O)N2CCC[C@@H]2C(=O)N[C@@H](c2cc(F)c(C(C)(F)F)cc2F)C2CC2)c1. The number of hydrogen-bond acceptors (Lipinski definition) is 3. The number of amides is 2. The number of halogens is 4. The van der Waals surface area contributed by atoms with Crippen LogP contribution in [0, 0.1) is 24.5 Å². The third-order valence-electron chi connectivity index (χ3n) is 6.22. The van der Waals surface area contributed by atoms with Crippen molar-refractivity contribution in [2.45, 2.75) is 57.5 Å². The second-order valence-corrected chi connectivity index (χ2v) is 8.97. The molecule has 1 saturated heterocycles. The molecule has 1 aromatic heterocycles. The second-order valence-electron chi connectivity index (χ2n) is 8.97. The third-order valence-corrected chi connectivity index (χ3v) is 6.22. The summed E-state index contributed by atoms with van der Waals surface area (Å²) in [7, 11) is 0. The fourth-order valence-electron chi connectivity index (χ4n) is 4.39. The first-order chi connectivity index (χ1) is 15.6. The number of rotatable bonds is 6. The lowest BCUT2D eigenvalue weighted by Gasteiger charge is -2.27. The van der Waals surface area contributed by atoms with Gasteiger partial charge in [0, 0.05) is 31.4 Å². The number of pyridine rings is 1. The van der Waals surface area contributed by atoms with E-state index in [0.717, 1.165) is 11.6 Å². The summed E-state index contributed by atoms with van der Waals surface area (Å²) < 4.78 is 56.3. The average molecular weight is 463 g/mol. The molecule has 2 aromatic rings. The first-order valence-corrected chi connectivity index (χ1v) is 11.0. The minimum Gasteiger partial charge on any atom is -0.347 e. The van der Waals surface area contributed by atoms with Gasteiger partial charge in [0.2, 0.25) is 5.91 Å². The first kappa shape index (κ1) is 23.2. The van der Waals surface area contributed by atoms with Gasteiger partial charge in [-0.2, -0.15) is 0 Å². The van der Waals surface area contributed by atoms with E-state index in [1.807, 2.05) is 6.92 Å². The second kappa shape index (κ2) is 8.76. The van der Waals surface area contributed by atoms with Crippen molar-refractivity contribution in [3.63, 3.8) is 0 Å². The standard InChI is InChI=1S/C24H25F4N3O2/c1-13-8-15(12-29-11-13)23(33)31-7-3-4-20(31)22(32)30-21(14-5-6-14)16-9-19(26)17(10-18(16)25)24(2,27)28/h8-12,14,20-21H,3-7H2,1-2H3,(H,30,32)/t20-,21-/m1/s1. The van der Waals surface area contributed by atoms with E-state index in [2.05, 4.69) is 10.3 Å². The molecule has 4 rings (SSSR count). The molecular weight excluding hydrogens is 438 g/mol. The maximum Gasteiger partial charge on any atom is 0.273 e. The lowest BCUT2D eigenvalue weighted by atomic mass is 9.97. The summed E-state index contributed by atoms with van der Waals surface area (Å²) in [6.07, 6.45) is 5.52. The molecule has 2 heterocycles. The highest BCUT2D eigenvalue weighted by molar-refractivity contribution is 5.98. The molecule has 0 spiro atoms. The van der Waals surface area contributed by atoms with Gasteiger partial charge in [0.05, 0.1) is 17.2 Å². The van der Waals surface area contributed by atoms with E-state index in [9.17, 15) is 27.2 Å². The zero-order valence-electron chi connectivity index (χ0n) is 18.4. The van der Waals surface area contributed by atoms with Crippen LogP contribution in [0.25, 0.3) is 0 Å². The smallest absolute Gasteiger partial charge is 0.273 e. The molecular formula is C24H25F4N3O2. The Balaban J connectivity index is 1.56. The first-order valence-electron chi connectivity index (χ1n) is 11.0. The summed E-state index contributed by atoms with van der Waals surface area (Å²) in [5, 5.41) is 2.77. The van der Waals surface area contributed by atoms with Gasteiger partial charge in [-0.25, -0.2) is 17.6 Å². The molecule has 1 N–H and O–H groups in total. The Morgan fingerprint density at radius 2 is 1.85 bits per heavy atom. The van der Waals surface area contributed by atoms with Crippen molar-refractivity contribution in [1.82, 2.24) is 15.2 Å². The maximum absolute atomic E-state index is 14.8. The Morgan fingerprint density at radius 1 is 1.12 bits per heavy atom. The van der Waals surface area contributed by atoms with Crippen LogP contribution in [0.2, 0.25) is 0 Å². The van der Waals surface area contributed by atoms with Crippen LogP contribution in [0.15, 0.2) is 30.6 Å². The van der Waals surface area contributed by atoms with E-state index in [1.54, 1.807) is 12.3 Å². The molecule has 176 valence electrons. The van der Waals surface area contributed by atoms with E-state index >= 15 is 0 Å². The number of likely N-dealkylation sites (tertiary alicyclic amines) is 1. The number of alkyl halides is 2. The average Bonchev–Trinajstić information content (AvgIpc) is 3.47. The molecule has 2 aliphatic rings. The summed E-state index contributed by atoms with van der Waals surface area (Å²) in [4.78, 5) is 31.6. The predicted octanol–water partition coefficient (Wildman–Crippen LogP) is 4.65. The van der Waals surface area contributed by atoms with Gasteiger partial charge in [0.25, 0.3) is 11.8 Å². The molecule has 1 aromatic carbocycles. The molecule has 9 heteroatoms. The lowest BCUT2D eigenvalue weighted by molar-refractivity contribution is -0.125. The monoisotopic (exact) mass is 463 g/mol. The van der Waals surface area contributed by atoms with Gasteiger partial charge < -0.3 is 10.2 Å². The number of hydrogen-bond donors (Lipinski definition) is 1. The van der Waals surface area contributed by atoms with Crippen molar-refractivity contribution in [2.24, 2.45) is 5.92 Å². The van der Waals surface area contributed by atoms with Crippen molar-refractivity contribution in [3.8, 4) is 0 Å². The normalized spacial score (nSPS) is 19.5. The van der Waals surface area contributed by atoms with Crippen molar-refractivity contribution in [2.75, 3.05) is 6.54 Å². The van der Waals surface area contributed by atoms with Crippen LogP contribution in [0.4, 0.5) is 17.6 Å². The highest BCUT2D eigenvalue weighted by Crippen LogP contribution is 2.43. The minimum absolute atomic E-state index is 0.123. The van der Waals surface area contributed by atoms with Crippen LogP contribution in [-0.4, -0.2) is 34.3 Å². The van der Waals surface area contributed by atoms with Crippen LogP contribution >= 0.6 is 0 Å². The van der Waals surface area contributed by atoms with Crippen molar-refractivity contribution in [1.29, 1.82) is 0 Å². The molecule has 0 radical (unpaired) electrons. The van der Waals surface area contributed by atoms with Gasteiger partial charge >= 0.3 is 0 Å². The molecule has 2 amide bonds. The molecule has 1 aliphatic carbocycles. The number of nitrogens with one attached hydrogen (secondary N) is 1. The molecule has 2 fully saturated rings. The van der Waals surface area contributed by atoms with Crippen LogP contribution in [0.1, 0.15) is 65.7 Å². The highest BCUT2D eigenvalue weighted by atomic mass is 19.3. The summed E-state index contributed by atoms with van der Waals surface area (Å²) in [5.74, 6) is -6.65. The van der Waals surface area contributed by atoms with Gasteiger partial charge in [-0.3, -0.25) is 14.6 Å². The number of aromatic nitrogens is 1. The molecule has 33 heavy (non-hydrogen) atoms. The van der Waals surface area contributed by atoms with Gasteiger partial charge in [-0.15, -0.1) is 0 Å². The van der Waals surface area contributed by atoms with Gasteiger partial charge in [-0.05, 0) is 62.3 Å². The van der Waals surface area contributed by atoms with Crippen molar-refractivity contribution < 1.29 is 27.2 Å². The van der Waals surface area contributed by atoms with E-state index in [1.165, 1.54) is 11.1 Å².